The summed E-state index contributed by atoms with van der Waals surface area (Å²) in [7, 11) is 0. The highest BCUT2D eigenvalue weighted by molar-refractivity contribution is 6.30. The number of amides is 4. The van der Waals surface area contributed by atoms with E-state index < -0.39 is 11.9 Å². The molecule has 3 atom stereocenters. The van der Waals surface area contributed by atoms with Crippen LogP contribution in [-0.2, 0) is 27.5 Å². The molecule has 2 aromatic carbocycles. The first-order chi connectivity index (χ1) is 20.6. The van der Waals surface area contributed by atoms with Gasteiger partial charge in [0.15, 0.2) is 0 Å². The third kappa shape index (κ3) is 5.18. The number of piperidine rings is 2. The van der Waals surface area contributed by atoms with E-state index in [1.54, 1.807) is 4.90 Å². The molecule has 9 heteroatoms. The normalized spacial score (nSPS) is 26.8. The molecule has 3 unspecified atom stereocenters. The van der Waals surface area contributed by atoms with Crippen LogP contribution < -0.4 is 5.32 Å². The molecule has 0 aromatic heterocycles. The van der Waals surface area contributed by atoms with Gasteiger partial charge in [-0.15, -0.1) is 0 Å². The molecule has 2 aromatic rings. The topological polar surface area (TPSA) is 90.0 Å². The molecule has 4 saturated heterocycles. The van der Waals surface area contributed by atoms with Crippen molar-refractivity contribution in [1.29, 1.82) is 0 Å². The number of piperazine rings is 1. The standard InChI is InChI=1S/C34H37ClN4O4/c1-34(2)12-11-27(28(15-34)21-4-6-23(35)7-5-21)33(43)39-24-14-25(39)19-37(18-24)16-20-3-8-26-22(13-20)17-38(32(26)42)29-9-10-30(40)36-31(29)41/h3-8,13,24-25,29H,9-12,14-19H2,1-2H3,(H,36,40,41). The van der Waals surface area contributed by atoms with E-state index in [0.717, 1.165) is 67.6 Å². The summed E-state index contributed by atoms with van der Waals surface area (Å²) in [6, 6.07) is 13.7. The molecular weight excluding hydrogens is 564 g/mol. The lowest BCUT2D eigenvalue weighted by atomic mass is 9.71. The van der Waals surface area contributed by atoms with Gasteiger partial charge in [-0.3, -0.25) is 29.4 Å². The van der Waals surface area contributed by atoms with Gasteiger partial charge in [-0.05, 0) is 78.0 Å². The van der Waals surface area contributed by atoms with Gasteiger partial charge in [0.2, 0.25) is 11.8 Å². The van der Waals surface area contributed by atoms with Crippen molar-refractivity contribution in [2.45, 2.75) is 83.6 Å². The first-order valence-electron chi connectivity index (χ1n) is 15.4. The third-order valence-electron chi connectivity index (χ3n) is 10.0. The number of fused-ring (bicyclic) bond motifs is 3. The maximum Gasteiger partial charge on any atom is 0.255 e. The quantitative estimate of drug-likeness (QED) is 0.509. The van der Waals surface area contributed by atoms with E-state index in [9.17, 15) is 19.2 Å². The number of benzene rings is 2. The summed E-state index contributed by atoms with van der Waals surface area (Å²) >= 11 is 6.17. The molecule has 1 aliphatic carbocycles. The highest BCUT2D eigenvalue weighted by Gasteiger charge is 2.48. The number of halogens is 1. The van der Waals surface area contributed by atoms with Crippen LogP contribution in [0.2, 0.25) is 5.02 Å². The van der Waals surface area contributed by atoms with Crippen LogP contribution in [0.25, 0.3) is 5.57 Å². The summed E-state index contributed by atoms with van der Waals surface area (Å²) in [5, 5.41) is 3.06. The van der Waals surface area contributed by atoms with Crippen LogP contribution in [0.1, 0.15) is 79.4 Å². The molecule has 5 heterocycles. The lowest BCUT2D eigenvalue weighted by Crippen LogP contribution is -2.70. The Morgan fingerprint density at radius 3 is 2.49 bits per heavy atom. The molecule has 0 spiro atoms. The predicted molar refractivity (Wildman–Crippen MR) is 163 cm³/mol. The van der Waals surface area contributed by atoms with Crippen molar-refractivity contribution in [3.8, 4) is 0 Å². The maximum atomic E-state index is 14.0. The average Bonchev–Trinajstić information content (AvgIpc) is 3.28. The number of nitrogens with zero attached hydrogens (tertiary/aromatic N) is 3. The lowest BCUT2D eigenvalue weighted by molar-refractivity contribution is -0.150. The summed E-state index contributed by atoms with van der Waals surface area (Å²) in [5.41, 5.74) is 6.06. The Hall–Kier alpha value is -3.49. The molecule has 2 bridgehead atoms. The SMILES string of the molecule is CC1(C)CCC(C(=O)N2C3CC2CN(Cc2ccc4c(c2)CN(C2CCC(=O)NC2=O)C4=O)C3)=C(c2ccc(Cl)cc2)C1. The Balaban J connectivity index is 1.03. The van der Waals surface area contributed by atoms with E-state index in [2.05, 4.69) is 35.0 Å². The summed E-state index contributed by atoms with van der Waals surface area (Å²) in [6.07, 6.45) is 4.33. The Morgan fingerprint density at radius 2 is 1.77 bits per heavy atom. The molecule has 4 amide bonds. The zero-order chi connectivity index (χ0) is 30.0. The largest absolute Gasteiger partial charge is 0.330 e. The summed E-state index contributed by atoms with van der Waals surface area (Å²) in [4.78, 5) is 57.2. The van der Waals surface area contributed by atoms with Gasteiger partial charge in [-0.25, -0.2) is 0 Å². The van der Waals surface area contributed by atoms with Gasteiger partial charge in [0, 0.05) is 60.8 Å². The number of allylic oxidation sites excluding steroid dienone is 1. The second-order valence-electron chi connectivity index (χ2n) is 13.6. The molecule has 8 nitrogen and oxygen atoms in total. The molecule has 5 aliphatic heterocycles. The van der Waals surface area contributed by atoms with Gasteiger partial charge in [-0.1, -0.05) is 49.7 Å². The number of carbonyl (C=O) groups is 4. The zero-order valence-corrected chi connectivity index (χ0v) is 25.5. The van der Waals surface area contributed by atoms with E-state index in [0.29, 0.717) is 23.6 Å². The Bertz CT molecular complexity index is 1550. The van der Waals surface area contributed by atoms with Crippen molar-refractivity contribution in [3.63, 3.8) is 0 Å². The maximum absolute atomic E-state index is 14.0. The van der Waals surface area contributed by atoms with E-state index in [-0.39, 0.29) is 41.6 Å². The van der Waals surface area contributed by atoms with Crippen LogP contribution in [-0.4, -0.2) is 69.5 Å². The Labute approximate surface area is 257 Å². The van der Waals surface area contributed by atoms with Crippen LogP contribution >= 0.6 is 11.6 Å². The van der Waals surface area contributed by atoms with E-state index in [1.807, 2.05) is 36.4 Å². The summed E-state index contributed by atoms with van der Waals surface area (Å²) in [5.74, 6) is -0.625. The third-order valence-corrected chi connectivity index (χ3v) is 10.3. The van der Waals surface area contributed by atoms with Gasteiger partial charge < -0.3 is 9.80 Å². The Kier molecular flexibility index (Phi) is 6.97. The minimum absolute atomic E-state index is 0.150. The van der Waals surface area contributed by atoms with Gasteiger partial charge in [-0.2, -0.15) is 0 Å². The van der Waals surface area contributed by atoms with Crippen molar-refractivity contribution < 1.29 is 19.2 Å². The highest BCUT2D eigenvalue weighted by Crippen LogP contribution is 2.45. The zero-order valence-electron chi connectivity index (χ0n) is 24.7. The second kappa shape index (κ2) is 10.6. The number of carbonyl (C=O) groups excluding carboxylic acids is 4. The van der Waals surface area contributed by atoms with Gasteiger partial charge in [0.1, 0.15) is 6.04 Å². The Morgan fingerprint density at radius 1 is 1.02 bits per heavy atom. The van der Waals surface area contributed by atoms with Crippen LogP contribution in [0, 0.1) is 5.41 Å². The van der Waals surface area contributed by atoms with Gasteiger partial charge in [0.25, 0.3) is 11.8 Å². The fourth-order valence-corrected chi connectivity index (χ4v) is 7.88. The van der Waals surface area contributed by atoms with Crippen molar-refractivity contribution in [3.05, 3.63) is 75.3 Å². The van der Waals surface area contributed by atoms with E-state index >= 15 is 0 Å². The molecule has 4 fully saturated rings. The van der Waals surface area contributed by atoms with Crippen LogP contribution in [0.3, 0.4) is 0 Å². The summed E-state index contributed by atoms with van der Waals surface area (Å²) in [6.45, 7) is 7.35. The van der Waals surface area contributed by atoms with E-state index in [4.69, 9.17) is 11.6 Å². The number of hydrogen-bond donors (Lipinski definition) is 1. The number of nitrogens with one attached hydrogen (secondary N) is 1. The smallest absolute Gasteiger partial charge is 0.255 e. The van der Waals surface area contributed by atoms with Crippen LogP contribution in [0.4, 0.5) is 0 Å². The van der Waals surface area contributed by atoms with Gasteiger partial charge in [0.05, 0.1) is 0 Å². The van der Waals surface area contributed by atoms with Crippen molar-refractivity contribution in [2.75, 3.05) is 13.1 Å². The highest BCUT2D eigenvalue weighted by atomic mass is 35.5. The van der Waals surface area contributed by atoms with Crippen LogP contribution in [0.5, 0.6) is 0 Å². The molecule has 0 saturated carbocycles. The molecule has 1 N–H and O–H groups in total. The predicted octanol–water partition coefficient (Wildman–Crippen LogP) is 4.55. The molecule has 224 valence electrons. The molecule has 8 rings (SSSR count). The minimum Gasteiger partial charge on any atom is -0.330 e. The van der Waals surface area contributed by atoms with E-state index in [1.165, 1.54) is 5.57 Å². The number of rotatable bonds is 5. The fraction of sp³-hybridized carbons (Fsp3) is 0.471. The minimum atomic E-state index is -0.607. The van der Waals surface area contributed by atoms with Crippen molar-refractivity contribution in [1.82, 2.24) is 20.0 Å². The molecule has 0 radical (unpaired) electrons. The molecule has 6 aliphatic rings. The lowest BCUT2D eigenvalue weighted by Gasteiger charge is -2.57. The fourth-order valence-electron chi connectivity index (χ4n) is 7.75. The van der Waals surface area contributed by atoms with Gasteiger partial charge >= 0.3 is 0 Å². The second-order valence-corrected chi connectivity index (χ2v) is 14.1. The average molecular weight is 601 g/mol. The monoisotopic (exact) mass is 600 g/mol. The van der Waals surface area contributed by atoms with Crippen molar-refractivity contribution in [2.24, 2.45) is 5.41 Å². The first-order valence-corrected chi connectivity index (χ1v) is 15.7. The number of imide groups is 1. The van der Waals surface area contributed by atoms with Crippen molar-refractivity contribution >= 4 is 40.8 Å². The first kappa shape index (κ1) is 28.3. The summed E-state index contributed by atoms with van der Waals surface area (Å²) < 4.78 is 0. The number of hydrogen-bond acceptors (Lipinski definition) is 5. The molecular formula is C34H37ClN4O4. The van der Waals surface area contributed by atoms with Crippen LogP contribution in [0.15, 0.2) is 48.0 Å². The molecule has 43 heavy (non-hydrogen) atoms.